The molecule has 1 heterocycles. The number of aliphatic hydroxyl groups is 1. The Labute approximate surface area is 109 Å². The highest BCUT2D eigenvalue weighted by Crippen LogP contribution is 2.30. The summed E-state index contributed by atoms with van der Waals surface area (Å²) in [5, 5.41) is 10.6. The van der Waals surface area contributed by atoms with Gasteiger partial charge in [0, 0.05) is 17.5 Å². The number of para-hydroxylation sites is 1. The molecule has 0 saturated heterocycles. The summed E-state index contributed by atoms with van der Waals surface area (Å²) >= 11 is 2.33. The summed E-state index contributed by atoms with van der Waals surface area (Å²) < 4.78 is 1.18. The topological polar surface area (TPSA) is 36.0 Å². The van der Waals surface area contributed by atoms with Crippen LogP contribution in [0.4, 0.5) is 0 Å². The van der Waals surface area contributed by atoms with Gasteiger partial charge in [-0.25, -0.2) is 0 Å². The van der Waals surface area contributed by atoms with Gasteiger partial charge in [-0.05, 0) is 46.1 Å². The maximum absolute atomic E-state index is 9.34. The lowest BCUT2D eigenvalue weighted by Crippen LogP contribution is -2.20. The molecule has 0 amide bonds. The van der Waals surface area contributed by atoms with Gasteiger partial charge in [0.25, 0.3) is 0 Å². The number of fused-ring (bicyclic) bond motifs is 1. The fourth-order valence-electron chi connectivity index (χ4n) is 1.87. The Bertz CT molecular complexity index is 502. The zero-order valence-corrected chi connectivity index (χ0v) is 11.7. The number of aliphatic hydroxyl groups excluding tert-OH is 1. The average molecular weight is 329 g/mol. The lowest BCUT2D eigenvalue weighted by atomic mass is 9.87. The molecule has 86 valence electrons. The minimum atomic E-state index is -0.0646. The molecule has 2 nitrogen and oxygen atoms in total. The first-order valence-corrected chi connectivity index (χ1v) is 6.47. The van der Waals surface area contributed by atoms with E-state index in [9.17, 15) is 5.11 Å². The Morgan fingerprint density at radius 3 is 2.69 bits per heavy atom. The predicted octanol–water partition coefficient (Wildman–Crippen LogP) is 3.33. The van der Waals surface area contributed by atoms with Gasteiger partial charge in [-0.2, -0.15) is 0 Å². The molecule has 2 rings (SSSR count). The molecule has 0 aliphatic rings. The van der Waals surface area contributed by atoms with Crippen LogP contribution in [0.15, 0.2) is 24.3 Å². The Balaban J connectivity index is 2.47. The Morgan fingerprint density at radius 2 is 2.00 bits per heavy atom. The summed E-state index contributed by atoms with van der Waals surface area (Å²) in [7, 11) is 0. The van der Waals surface area contributed by atoms with Crippen molar-refractivity contribution in [2.24, 2.45) is 5.41 Å². The second-order valence-corrected chi connectivity index (χ2v) is 6.04. The molecule has 1 aromatic carbocycles. The van der Waals surface area contributed by atoms with Crippen LogP contribution in [-0.2, 0) is 6.42 Å². The number of H-pyrrole nitrogens is 1. The molecule has 0 fully saturated rings. The van der Waals surface area contributed by atoms with E-state index in [-0.39, 0.29) is 12.0 Å². The summed E-state index contributed by atoms with van der Waals surface area (Å²) in [5.74, 6) is 0. The van der Waals surface area contributed by atoms with Crippen molar-refractivity contribution in [2.75, 3.05) is 6.61 Å². The van der Waals surface area contributed by atoms with Gasteiger partial charge in [0.05, 0.1) is 3.70 Å². The number of hydrogen-bond acceptors (Lipinski definition) is 1. The molecule has 0 atom stereocenters. The van der Waals surface area contributed by atoms with Crippen LogP contribution in [0.2, 0.25) is 0 Å². The maximum atomic E-state index is 9.34. The molecule has 0 aliphatic heterocycles. The standard InChI is InChI=1S/C13H16INO/c1-13(2,8-16)7-10-9-5-3-4-6-11(9)15-12(10)14/h3-6,15-16H,7-8H2,1-2H3. The van der Waals surface area contributed by atoms with Crippen LogP contribution in [0, 0.1) is 9.12 Å². The van der Waals surface area contributed by atoms with Crippen molar-refractivity contribution in [3.8, 4) is 0 Å². The van der Waals surface area contributed by atoms with E-state index in [2.05, 4.69) is 59.6 Å². The zero-order chi connectivity index (χ0) is 11.8. The van der Waals surface area contributed by atoms with Crippen LogP contribution in [0.1, 0.15) is 19.4 Å². The first kappa shape index (κ1) is 11.9. The third-order valence-electron chi connectivity index (χ3n) is 2.84. The molecule has 0 spiro atoms. The lowest BCUT2D eigenvalue weighted by molar-refractivity contribution is 0.160. The molecule has 2 N–H and O–H groups in total. The third kappa shape index (κ3) is 2.25. The van der Waals surface area contributed by atoms with E-state index in [0.717, 1.165) is 6.42 Å². The van der Waals surface area contributed by atoms with E-state index in [4.69, 9.17) is 0 Å². The van der Waals surface area contributed by atoms with Gasteiger partial charge in [-0.1, -0.05) is 32.0 Å². The molecule has 16 heavy (non-hydrogen) atoms. The van der Waals surface area contributed by atoms with Gasteiger partial charge in [0.15, 0.2) is 0 Å². The van der Waals surface area contributed by atoms with Gasteiger partial charge < -0.3 is 10.1 Å². The smallest absolute Gasteiger partial charge is 0.0815 e. The summed E-state index contributed by atoms with van der Waals surface area (Å²) in [6.45, 7) is 4.39. The molecule has 0 aliphatic carbocycles. The molecular weight excluding hydrogens is 313 g/mol. The van der Waals surface area contributed by atoms with E-state index in [1.54, 1.807) is 0 Å². The minimum absolute atomic E-state index is 0.0646. The van der Waals surface area contributed by atoms with Gasteiger partial charge in [0.1, 0.15) is 0 Å². The van der Waals surface area contributed by atoms with Crippen LogP contribution in [0.5, 0.6) is 0 Å². The van der Waals surface area contributed by atoms with E-state index in [1.807, 2.05) is 6.07 Å². The Hall–Kier alpha value is -0.550. The number of benzene rings is 1. The normalized spacial score (nSPS) is 12.2. The number of halogens is 1. The van der Waals surface area contributed by atoms with E-state index in [1.165, 1.54) is 20.2 Å². The number of aromatic amines is 1. The number of aromatic nitrogens is 1. The second-order valence-electron chi connectivity index (χ2n) is 4.96. The largest absolute Gasteiger partial charge is 0.396 e. The van der Waals surface area contributed by atoms with Crippen molar-refractivity contribution in [2.45, 2.75) is 20.3 Å². The van der Waals surface area contributed by atoms with Crippen molar-refractivity contribution >= 4 is 33.5 Å². The number of rotatable bonds is 3. The first-order valence-electron chi connectivity index (χ1n) is 5.39. The maximum Gasteiger partial charge on any atom is 0.0815 e. The summed E-state index contributed by atoms with van der Waals surface area (Å²) in [6, 6.07) is 8.32. The summed E-state index contributed by atoms with van der Waals surface area (Å²) in [6.07, 6.45) is 0.895. The second kappa shape index (κ2) is 4.37. The summed E-state index contributed by atoms with van der Waals surface area (Å²) in [5.41, 5.74) is 2.43. The monoisotopic (exact) mass is 329 g/mol. The third-order valence-corrected chi connectivity index (χ3v) is 3.77. The van der Waals surface area contributed by atoms with E-state index in [0.29, 0.717) is 0 Å². The van der Waals surface area contributed by atoms with E-state index >= 15 is 0 Å². The van der Waals surface area contributed by atoms with Crippen molar-refractivity contribution in [3.63, 3.8) is 0 Å². The number of nitrogens with one attached hydrogen (secondary N) is 1. The fraction of sp³-hybridized carbons (Fsp3) is 0.385. The highest BCUT2D eigenvalue weighted by Gasteiger charge is 2.21. The SMILES string of the molecule is CC(C)(CO)Cc1c(I)[nH]c2ccccc12. The summed E-state index contributed by atoms with van der Waals surface area (Å²) in [4.78, 5) is 3.38. The van der Waals surface area contributed by atoms with Crippen LogP contribution in [0.3, 0.4) is 0 Å². The molecular formula is C13H16INO. The van der Waals surface area contributed by atoms with Crippen LogP contribution >= 0.6 is 22.6 Å². The van der Waals surface area contributed by atoms with Crippen molar-refractivity contribution in [1.29, 1.82) is 0 Å². The van der Waals surface area contributed by atoms with Crippen molar-refractivity contribution in [3.05, 3.63) is 33.5 Å². The van der Waals surface area contributed by atoms with Gasteiger partial charge >= 0.3 is 0 Å². The fourth-order valence-corrected chi connectivity index (χ4v) is 2.65. The highest BCUT2D eigenvalue weighted by molar-refractivity contribution is 14.1. The molecule has 0 bridgehead atoms. The van der Waals surface area contributed by atoms with E-state index < -0.39 is 0 Å². The van der Waals surface area contributed by atoms with Crippen LogP contribution < -0.4 is 0 Å². The van der Waals surface area contributed by atoms with Gasteiger partial charge in [0.2, 0.25) is 0 Å². The quantitative estimate of drug-likeness (QED) is 0.833. The molecule has 0 saturated carbocycles. The Morgan fingerprint density at radius 1 is 1.31 bits per heavy atom. The van der Waals surface area contributed by atoms with Crippen LogP contribution in [0.25, 0.3) is 10.9 Å². The number of hydrogen-bond donors (Lipinski definition) is 2. The molecule has 0 radical (unpaired) electrons. The van der Waals surface area contributed by atoms with Crippen LogP contribution in [-0.4, -0.2) is 16.7 Å². The first-order chi connectivity index (χ1) is 7.53. The highest BCUT2D eigenvalue weighted by atomic mass is 127. The average Bonchev–Trinajstić information content (AvgIpc) is 2.56. The molecule has 1 aromatic heterocycles. The minimum Gasteiger partial charge on any atom is -0.396 e. The predicted molar refractivity (Wildman–Crippen MR) is 75.6 cm³/mol. The Kier molecular flexibility index (Phi) is 3.26. The van der Waals surface area contributed by atoms with Crippen molar-refractivity contribution in [1.82, 2.24) is 4.98 Å². The van der Waals surface area contributed by atoms with Crippen molar-refractivity contribution < 1.29 is 5.11 Å². The zero-order valence-electron chi connectivity index (χ0n) is 9.55. The van der Waals surface area contributed by atoms with Gasteiger partial charge in [-0.3, -0.25) is 0 Å². The molecule has 2 aromatic rings. The lowest BCUT2D eigenvalue weighted by Gasteiger charge is -2.21. The molecule has 3 heteroatoms. The molecule has 0 unspecified atom stereocenters. The van der Waals surface area contributed by atoms with Gasteiger partial charge in [-0.15, -0.1) is 0 Å².